The summed E-state index contributed by atoms with van der Waals surface area (Å²) in [4.78, 5) is 37.6. The lowest BCUT2D eigenvalue weighted by Crippen LogP contribution is -2.67. The highest BCUT2D eigenvalue weighted by Crippen LogP contribution is 2.36. The van der Waals surface area contributed by atoms with E-state index in [2.05, 4.69) is 15.2 Å². The van der Waals surface area contributed by atoms with Crippen molar-refractivity contribution in [2.45, 2.75) is 52.0 Å². The van der Waals surface area contributed by atoms with Gasteiger partial charge in [-0.25, -0.2) is 14.5 Å². The summed E-state index contributed by atoms with van der Waals surface area (Å²) in [5.41, 5.74) is 6.73. The standard InChI is InChI=1S/C25H26F3N9O2/c1-14-11-34(15(2)38)24(3,4)23(39)36(14)20-7-5-6-17(33-20)19-10-16(21-22(29)30-13-32-37(19)21)18-8-9-31-35(18)12-25(26,27)28/h5-10,13-14H,11-12H2,1-4H3,(H2,29,30,32). The van der Waals surface area contributed by atoms with Crippen LogP contribution >= 0.6 is 0 Å². The van der Waals surface area contributed by atoms with Crippen molar-refractivity contribution in [2.24, 2.45) is 0 Å². The lowest BCUT2D eigenvalue weighted by Gasteiger charge is -2.48. The molecule has 0 aromatic carbocycles. The van der Waals surface area contributed by atoms with Gasteiger partial charge in [0.05, 0.1) is 23.1 Å². The van der Waals surface area contributed by atoms with Crippen molar-refractivity contribution in [2.75, 3.05) is 17.2 Å². The highest BCUT2D eigenvalue weighted by Gasteiger charge is 2.47. The summed E-state index contributed by atoms with van der Waals surface area (Å²) in [6, 6.07) is 7.84. The molecule has 1 saturated heterocycles. The van der Waals surface area contributed by atoms with Gasteiger partial charge in [-0.1, -0.05) is 6.07 Å². The molecule has 0 bridgehead atoms. The number of pyridine rings is 1. The number of hydrogen-bond acceptors (Lipinski definition) is 7. The Morgan fingerprint density at radius 3 is 2.62 bits per heavy atom. The molecule has 5 heterocycles. The second-order valence-corrected chi connectivity index (χ2v) is 9.93. The number of nitrogens with two attached hydrogens (primary N) is 1. The van der Waals surface area contributed by atoms with Gasteiger partial charge in [-0.05, 0) is 45.0 Å². The molecule has 14 heteroatoms. The largest absolute Gasteiger partial charge is 0.408 e. The van der Waals surface area contributed by atoms with Crippen LogP contribution in [0.4, 0.5) is 24.8 Å². The quantitative estimate of drug-likeness (QED) is 0.420. The Hall–Kier alpha value is -4.49. The van der Waals surface area contributed by atoms with E-state index in [1.165, 1.54) is 34.9 Å². The number of aromatic nitrogens is 6. The number of halogens is 3. The fraction of sp³-hybridized carbons (Fsp3) is 0.360. The maximum absolute atomic E-state index is 13.5. The zero-order valence-corrected chi connectivity index (χ0v) is 21.6. The molecular formula is C25H26F3N9O2. The van der Waals surface area contributed by atoms with Gasteiger partial charge in [-0.15, -0.1) is 0 Å². The van der Waals surface area contributed by atoms with Crippen molar-refractivity contribution >= 4 is 29.0 Å². The van der Waals surface area contributed by atoms with Crippen LogP contribution in [-0.4, -0.2) is 70.4 Å². The third kappa shape index (κ3) is 4.45. The number of amides is 2. The number of hydrogen-bond donors (Lipinski definition) is 1. The van der Waals surface area contributed by atoms with Crippen LogP contribution in [-0.2, 0) is 16.1 Å². The molecular weight excluding hydrogens is 515 g/mol. The van der Waals surface area contributed by atoms with E-state index >= 15 is 0 Å². The normalized spacial score (nSPS) is 17.7. The highest BCUT2D eigenvalue weighted by atomic mass is 19.4. The minimum Gasteiger partial charge on any atom is -0.382 e. The topological polar surface area (TPSA) is 128 Å². The third-order valence-electron chi connectivity index (χ3n) is 6.83. The minimum atomic E-state index is -4.49. The van der Waals surface area contributed by atoms with Crippen molar-refractivity contribution < 1.29 is 22.8 Å². The van der Waals surface area contributed by atoms with Gasteiger partial charge in [-0.3, -0.25) is 19.2 Å². The number of anilines is 2. The molecule has 0 spiro atoms. The van der Waals surface area contributed by atoms with Crippen molar-refractivity contribution in [3.05, 3.63) is 42.9 Å². The summed E-state index contributed by atoms with van der Waals surface area (Å²) in [5.74, 6) is -0.0600. The SMILES string of the molecule is CC(=O)N1CC(C)N(c2cccc(-c3cc(-c4ccnn4CC(F)(F)F)c4c(N)ncnn34)n2)C(=O)C1(C)C. The fourth-order valence-corrected chi connectivity index (χ4v) is 5.04. The molecule has 5 rings (SSSR count). The molecule has 39 heavy (non-hydrogen) atoms. The number of rotatable bonds is 4. The molecule has 1 atom stereocenters. The van der Waals surface area contributed by atoms with Gasteiger partial charge in [0, 0.05) is 25.2 Å². The molecule has 11 nitrogen and oxygen atoms in total. The lowest BCUT2D eigenvalue weighted by molar-refractivity contribution is -0.146. The first-order valence-electron chi connectivity index (χ1n) is 12.1. The summed E-state index contributed by atoms with van der Waals surface area (Å²) >= 11 is 0. The van der Waals surface area contributed by atoms with E-state index in [1.54, 1.807) is 43.0 Å². The van der Waals surface area contributed by atoms with Gasteiger partial charge in [0.25, 0.3) is 5.91 Å². The Morgan fingerprint density at radius 2 is 1.92 bits per heavy atom. The molecule has 4 aromatic heterocycles. The Balaban J connectivity index is 1.62. The first-order valence-corrected chi connectivity index (χ1v) is 12.1. The average molecular weight is 542 g/mol. The molecule has 204 valence electrons. The van der Waals surface area contributed by atoms with Crippen LogP contribution in [0, 0.1) is 0 Å². The predicted octanol–water partition coefficient (Wildman–Crippen LogP) is 3.16. The molecule has 0 aliphatic carbocycles. The number of fused-ring (bicyclic) bond motifs is 1. The number of carbonyl (C=O) groups excluding carboxylic acids is 2. The summed E-state index contributed by atoms with van der Waals surface area (Å²) < 4.78 is 41.9. The molecule has 0 radical (unpaired) electrons. The Bertz CT molecular complexity index is 1590. The number of piperazine rings is 1. The van der Waals surface area contributed by atoms with Gasteiger partial charge in [0.2, 0.25) is 5.91 Å². The molecule has 1 aliphatic heterocycles. The van der Waals surface area contributed by atoms with Crippen LogP contribution in [0.25, 0.3) is 28.2 Å². The monoisotopic (exact) mass is 541 g/mol. The van der Waals surface area contributed by atoms with E-state index in [9.17, 15) is 22.8 Å². The van der Waals surface area contributed by atoms with Crippen molar-refractivity contribution in [3.63, 3.8) is 0 Å². The van der Waals surface area contributed by atoms with E-state index in [0.29, 0.717) is 34.8 Å². The number of alkyl halides is 3. The maximum Gasteiger partial charge on any atom is 0.408 e. The number of nitrogens with zero attached hydrogens (tertiary/aromatic N) is 8. The van der Waals surface area contributed by atoms with Crippen molar-refractivity contribution in [1.29, 1.82) is 0 Å². The average Bonchev–Trinajstić information content (AvgIpc) is 3.45. The second kappa shape index (κ2) is 9.06. The zero-order valence-electron chi connectivity index (χ0n) is 21.6. The van der Waals surface area contributed by atoms with Gasteiger partial charge in [0.1, 0.15) is 29.7 Å². The summed E-state index contributed by atoms with van der Waals surface area (Å²) in [5, 5.41) is 8.13. The molecule has 2 N–H and O–H groups in total. The molecule has 2 amide bonds. The maximum atomic E-state index is 13.5. The first kappa shape index (κ1) is 26.1. The minimum absolute atomic E-state index is 0.0630. The smallest absolute Gasteiger partial charge is 0.382 e. The van der Waals surface area contributed by atoms with Gasteiger partial charge >= 0.3 is 6.18 Å². The number of carbonyl (C=O) groups is 2. The Labute approximate surface area is 221 Å². The molecule has 1 aliphatic rings. The summed E-state index contributed by atoms with van der Waals surface area (Å²) in [6.45, 7) is 5.68. The van der Waals surface area contributed by atoms with E-state index in [-0.39, 0.29) is 29.4 Å². The molecule has 1 fully saturated rings. The van der Waals surface area contributed by atoms with Gasteiger partial charge < -0.3 is 10.6 Å². The number of nitrogen functional groups attached to an aromatic ring is 1. The van der Waals surface area contributed by atoms with Crippen LogP contribution in [0.5, 0.6) is 0 Å². The predicted molar refractivity (Wildman–Crippen MR) is 136 cm³/mol. The van der Waals surface area contributed by atoms with E-state index in [1.807, 2.05) is 6.92 Å². The van der Waals surface area contributed by atoms with E-state index in [4.69, 9.17) is 10.7 Å². The zero-order chi connectivity index (χ0) is 28.3. The van der Waals surface area contributed by atoms with E-state index in [0.717, 1.165) is 4.68 Å². The van der Waals surface area contributed by atoms with Crippen LogP contribution in [0.2, 0.25) is 0 Å². The first-order chi connectivity index (χ1) is 18.3. The van der Waals surface area contributed by atoms with Crippen LogP contribution in [0.1, 0.15) is 27.7 Å². The van der Waals surface area contributed by atoms with Gasteiger partial charge in [0.15, 0.2) is 5.82 Å². The van der Waals surface area contributed by atoms with Crippen LogP contribution in [0.15, 0.2) is 42.9 Å². The van der Waals surface area contributed by atoms with Crippen molar-refractivity contribution in [1.82, 2.24) is 34.3 Å². The Morgan fingerprint density at radius 1 is 1.18 bits per heavy atom. The van der Waals surface area contributed by atoms with Crippen LogP contribution in [0.3, 0.4) is 0 Å². The second-order valence-electron chi connectivity index (χ2n) is 9.93. The summed E-state index contributed by atoms with van der Waals surface area (Å²) in [6.07, 6.45) is -1.97. The lowest BCUT2D eigenvalue weighted by atomic mass is 9.94. The van der Waals surface area contributed by atoms with Crippen LogP contribution < -0.4 is 10.6 Å². The fourth-order valence-electron chi connectivity index (χ4n) is 5.04. The summed E-state index contributed by atoms with van der Waals surface area (Å²) in [7, 11) is 0. The third-order valence-corrected chi connectivity index (χ3v) is 6.83. The van der Waals surface area contributed by atoms with E-state index < -0.39 is 18.3 Å². The molecule has 4 aromatic rings. The highest BCUT2D eigenvalue weighted by molar-refractivity contribution is 6.03. The van der Waals surface area contributed by atoms with Gasteiger partial charge in [-0.2, -0.15) is 23.4 Å². The molecule has 0 saturated carbocycles. The van der Waals surface area contributed by atoms with Crippen molar-refractivity contribution in [3.8, 4) is 22.6 Å². The Kier molecular flexibility index (Phi) is 6.07. The molecule has 1 unspecified atom stereocenters.